The lowest BCUT2D eigenvalue weighted by atomic mass is 10.3. The van der Waals surface area contributed by atoms with Crippen LogP contribution in [0.2, 0.25) is 5.02 Å². The van der Waals surface area contributed by atoms with Gasteiger partial charge in [-0.3, -0.25) is 0 Å². The topological polar surface area (TPSA) is 38.4 Å². The van der Waals surface area contributed by atoms with Crippen molar-refractivity contribution in [1.82, 2.24) is 0 Å². The van der Waals surface area contributed by atoms with Crippen molar-refractivity contribution in [2.24, 2.45) is 10.7 Å². The Morgan fingerprint density at radius 2 is 2.31 bits per heavy atom. The summed E-state index contributed by atoms with van der Waals surface area (Å²) in [5, 5.41) is 0.274. The van der Waals surface area contributed by atoms with Crippen LogP contribution in [-0.2, 0) is 0 Å². The number of hydrogen-bond donors (Lipinski definition) is 1. The first-order valence-electron chi connectivity index (χ1n) is 3.92. The van der Waals surface area contributed by atoms with E-state index >= 15 is 0 Å². The normalized spacial score (nSPS) is 11.8. The van der Waals surface area contributed by atoms with E-state index in [4.69, 9.17) is 17.3 Å². The summed E-state index contributed by atoms with van der Waals surface area (Å²) in [7, 11) is 0. The molecule has 0 spiro atoms. The van der Waals surface area contributed by atoms with Crippen LogP contribution < -0.4 is 5.73 Å². The Bertz CT molecular complexity index is 316. The lowest BCUT2D eigenvalue weighted by Gasteiger charge is -2.00. The molecule has 70 valence electrons. The molecule has 4 heteroatoms. The highest BCUT2D eigenvalue weighted by Gasteiger charge is 2.04. The van der Waals surface area contributed by atoms with Crippen molar-refractivity contribution in [3.8, 4) is 0 Å². The molecule has 1 aromatic rings. The minimum Gasteiger partial charge on any atom is -0.387 e. The number of nitrogens with two attached hydrogens (primary N) is 1. The van der Waals surface area contributed by atoms with Crippen LogP contribution in [0.1, 0.15) is 13.3 Å². The number of benzene rings is 1. The van der Waals surface area contributed by atoms with Gasteiger partial charge in [0.2, 0.25) is 0 Å². The minimum absolute atomic E-state index is 0.114. The number of hydrogen-bond acceptors (Lipinski definition) is 1. The van der Waals surface area contributed by atoms with E-state index in [1.807, 2.05) is 6.92 Å². The summed E-state index contributed by atoms with van der Waals surface area (Å²) in [6.07, 6.45) is 0.574. The van der Waals surface area contributed by atoms with Gasteiger partial charge in [-0.25, -0.2) is 9.38 Å². The summed E-state index contributed by atoms with van der Waals surface area (Å²) in [5.74, 6) is -0.0871. The third kappa shape index (κ3) is 2.42. The molecular formula is C9H10ClFN2. The average molecular weight is 201 g/mol. The Kier molecular flexibility index (Phi) is 3.25. The number of aliphatic imine (C=N–C) groups is 1. The van der Waals surface area contributed by atoms with E-state index in [0.717, 1.165) is 0 Å². The Morgan fingerprint density at radius 3 is 2.85 bits per heavy atom. The van der Waals surface area contributed by atoms with Gasteiger partial charge in [0.1, 0.15) is 11.5 Å². The molecule has 2 nitrogen and oxygen atoms in total. The maximum atomic E-state index is 13.1. The molecule has 0 aliphatic carbocycles. The van der Waals surface area contributed by atoms with E-state index in [0.29, 0.717) is 12.3 Å². The van der Waals surface area contributed by atoms with E-state index < -0.39 is 5.82 Å². The highest BCUT2D eigenvalue weighted by molar-refractivity contribution is 6.33. The summed E-state index contributed by atoms with van der Waals surface area (Å²) in [4.78, 5) is 3.86. The molecule has 0 fully saturated rings. The molecule has 1 aromatic carbocycles. The average Bonchev–Trinajstić information content (AvgIpc) is 2.11. The van der Waals surface area contributed by atoms with Crippen LogP contribution in [-0.4, -0.2) is 5.84 Å². The fraction of sp³-hybridized carbons (Fsp3) is 0.222. The molecule has 0 radical (unpaired) electrons. The SMILES string of the molecule is CCC(N)=Nc1c(F)cccc1Cl. The van der Waals surface area contributed by atoms with Gasteiger partial charge < -0.3 is 5.73 Å². The van der Waals surface area contributed by atoms with Gasteiger partial charge in [0.15, 0.2) is 0 Å². The van der Waals surface area contributed by atoms with Gasteiger partial charge >= 0.3 is 0 Å². The van der Waals surface area contributed by atoms with Gasteiger partial charge in [0.25, 0.3) is 0 Å². The summed E-state index contributed by atoms with van der Waals surface area (Å²) < 4.78 is 13.1. The van der Waals surface area contributed by atoms with E-state index in [1.54, 1.807) is 6.07 Å². The second-order valence-corrected chi connectivity index (χ2v) is 2.93. The molecule has 0 saturated carbocycles. The van der Waals surface area contributed by atoms with Gasteiger partial charge in [0.05, 0.1) is 10.9 Å². The molecule has 0 atom stereocenters. The maximum Gasteiger partial charge on any atom is 0.150 e. The highest BCUT2D eigenvalue weighted by Crippen LogP contribution is 2.27. The second-order valence-electron chi connectivity index (χ2n) is 2.53. The molecule has 0 saturated heterocycles. The summed E-state index contributed by atoms with van der Waals surface area (Å²) >= 11 is 5.73. The molecule has 13 heavy (non-hydrogen) atoms. The van der Waals surface area contributed by atoms with E-state index in [9.17, 15) is 4.39 Å². The standard InChI is InChI=1S/C9H10ClFN2/c1-2-8(12)13-9-6(10)4-3-5-7(9)11/h3-5H,2H2,1H3,(H2,12,13). The molecule has 0 amide bonds. The Balaban J connectivity index is 3.14. The minimum atomic E-state index is -0.455. The van der Waals surface area contributed by atoms with Gasteiger partial charge in [-0.2, -0.15) is 0 Å². The fourth-order valence-electron chi connectivity index (χ4n) is 0.818. The van der Waals surface area contributed by atoms with Crippen LogP contribution in [0.3, 0.4) is 0 Å². The molecule has 2 N–H and O–H groups in total. The largest absolute Gasteiger partial charge is 0.387 e. The summed E-state index contributed by atoms with van der Waals surface area (Å²) in [6.45, 7) is 1.84. The molecule has 1 rings (SSSR count). The van der Waals surface area contributed by atoms with Crippen molar-refractivity contribution in [3.05, 3.63) is 29.0 Å². The van der Waals surface area contributed by atoms with Gasteiger partial charge in [-0.15, -0.1) is 0 Å². The van der Waals surface area contributed by atoms with Crippen LogP contribution in [0.25, 0.3) is 0 Å². The van der Waals surface area contributed by atoms with E-state index in [-0.39, 0.29) is 10.7 Å². The lowest BCUT2D eigenvalue weighted by molar-refractivity contribution is 0.630. The Hall–Kier alpha value is -1.09. The molecule has 0 unspecified atom stereocenters. The molecular weight excluding hydrogens is 191 g/mol. The number of halogens is 2. The van der Waals surface area contributed by atoms with Crippen LogP contribution in [0.5, 0.6) is 0 Å². The Morgan fingerprint density at radius 1 is 1.62 bits per heavy atom. The third-order valence-corrected chi connectivity index (χ3v) is 1.86. The zero-order chi connectivity index (χ0) is 9.84. The van der Waals surface area contributed by atoms with Crippen LogP contribution in [0, 0.1) is 5.82 Å². The smallest absolute Gasteiger partial charge is 0.150 e. The molecule has 0 heterocycles. The van der Waals surface area contributed by atoms with Crippen LogP contribution >= 0.6 is 11.6 Å². The van der Waals surface area contributed by atoms with Gasteiger partial charge in [-0.1, -0.05) is 24.6 Å². The predicted octanol–water partition coefficient (Wildman–Crippen LogP) is 2.88. The first-order chi connectivity index (χ1) is 6.15. The van der Waals surface area contributed by atoms with Crippen molar-refractivity contribution in [1.29, 1.82) is 0 Å². The van der Waals surface area contributed by atoms with Gasteiger partial charge in [-0.05, 0) is 12.1 Å². The molecule has 0 aromatic heterocycles. The van der Waals surface area contributed by atoms with Crippen molar-refractivity contribution in [2.45, 2.75) is 13.3 Å². The molecule has 0 bridgehead atoms. The quantitative estimate of drug-likeness (QED) is 0.579. The fourth-order valence-corrected chi connectivity index (χ4v) is 1.02. The number of amidine groups is 1. The monoisotopic (exact) mass is 200 g/mol. The highest BCUT2D eigenvalue weighted by atomic mass is 35.5. The first-order valence-corrected chi connectivity index (χ1v) is 4.30. The third-order valence-electron chi connectivity index (χ3n) is 1.56. The van der Waals surface area contributed by atoms with E-state index in [2.05, 4.69) is 4.99 Å². The first kappa shape index (κ1) is 9.99. The van der Waals surface area contributed by atoms with Crippen molar-refractivity contribution in [2.75, 3.05) is 0 Å². The van der Waals surface area contributed by atoms with Crippen molar-refractivity contribution < 1.29 is 4.39 Å². The molecule has 0 aliphatic rings. The predicted molar refractivity (Wildman–Crippen MR) is 53.0 cm³/mol. The number of rotatable bonds is 2. The van der Waals surface area contributed by atoms with E-state index in [1.165, 1.54) is 12.1 Å². The van der Waals surface area contributed by atoms with Crippen molar-refractivity contribution in [3.63, 3.8) is 0 Å². The lowest BCUT2D eigenvalue weighted by Crippen LogP contribution is -2.08. The van der Waals surface area contributed by atoms with Gasteiger partial charge in [0, 0.05) is 6.42 Å². The second kappa shape index (κ2) is 4.23. The molecule has 0 aliphatic heterocycles. The number of para-hydroxylation sites is 1. The van der Waals surface area contributed by atoms with Crippen LogP contribution in [0.15, 0.2) is 23.2 Å². The summed E-state index contributed by atoms with van der Waals surface area (Å²) in [5.41, 5.74) is 5.58. The number of nitrogens with zero attached hydrogens (tertiary/aromatic N) is 1. The zero-order valence-corrected chi connectivity index (χ0v) is 7.98. The van der Waals surface area contributed by atoms with Crippen LogP contribution in [0.4, 0.5) is 10.1 Å². The van der Waals surface area contributed by atoms with Crippen molar-refractivity contribution >= 4 is 23.1 Å². The maximum absolute atomic E-state index is 13.1. The summed E-state index contributed by atoms with van der Waals surface area (Å²) in [6, 6.07) is 4.40. The zero-order valence-electron chi connectivity index (χ0n) is 7.22. The Labute approximate surface area is 81.2 Å².